The van der Waals surface area contributed by atoms with Crippen molar-refractivity contribution in [2.24, 2.45) is 5.73 Å². The lowest BCUT2D eigenvalue weighted by molar-refractivity contribution is -0.126. The van der Waals surface area contributed by atoms with Crippen molar-refractivity contribution in [2.75, 3.05) is 6.54 Å². The molecule has 0 radical (unpaired) electrons. The van der Waals surface area contributed by atoms with Gasteiger partial charge in [0.25, 0.3) is 5.91 Å². The third kappa shape index (κ3) is 5.66. The summed E-state index contributed by atoms with van der Waals surface area (Å²) in [6, 6.07) is 5.59. The van der Waals surface area contributed by atoms with Gasteiger partial charge in [-0.1, -0.05) is 30.5 Å². The van der Waals surface area contributed by atoms with Gasteiger partial charge in [0.1, 0.15) is 5.75 Å². The van der Waals surface area contributed by atoms with Gasteiger partial charge in [-0.25, -0.2) is 0 Å². The van der Waals surface area contributed by atoms with E-state index in [4.69, 9.17) is 28.5 Å². The lowest BCUT2D eigenvalue weighted by Crippen LogP contribution is -2.36. The Kier molecular flexibility index (Phi) is 7.07. The van der Waals surface area contributed by atoms with Crippen molar-refractivity contribution in [1.29, 1.82) is 0 Å². The fourth-order valence-electron chi connectivity index (χ4n) is 1.74. The maximum Gasteiger partial charge on any atom is 0.261 e. The highest BCUT2D eigenvalue weighted by atomic mass is 35.5. The zero-order valence-corrected chi connectivity index (χ0v) is 13.1. The molecule has 0 aliphatic rings. The van der Waals surface area contributed by atoms with E-state index in [1.807, 2.05) is 19.1 Å². The molecule has 4 nitrogen and oxygen atoms in total. The van der Waals surface area contributed by atoms with E-state index in [2.05, 4.69) is 11.2 Å². The van der Waals surface area contributed by atoms with Crippen LogP contribution < -0.4 is 15.8 Å². The van der Waals surface area contributed by atoms with Crippen LogP contribution in [-0.4, -0.2) is 24.6 Å². The first-order valence-electron chi connectivity index (χ1n) is 6.89. The van der Waals surface area contributed by atoms with Gasteiger partial charge in [0.2, 0.25) is 0 Å². The number of benzene rings is 1. The van der Waals surface area contributed by atoms with E-state index in [9.17, 15) is 4.79 Å². The van der Waals surface area contributed by atoms with E-state index in [1.165, 1.54) is 0 Å². The maximum absolute atomic E-state index is 11.7. The normalized spacial score (nSPS) is 13.1. The molecule has 5 heteroatoms. The minimum atomic E-state index is -0.667. The fraction of sp³-hybridized carbons (Fsp3) is 0.438. The molecule has 1 aromatic rings. The summed E-state index contributed by atoms with van der Waals surface area (Å²) in [6.45, 7) is 3.86. The standard InChI is InChI=1S/C16H21ClN2O2/c1-4-8-19-16(20)11(3)21-15-7-6-12(10-14(15)17)9-13(18)5-2/h1,6-7,10-11,13H,5,8-9,18H2,2-3H3,(H,19,20). The molecule has 0 aliphatic carbocycles. The van der Waals surface area contributed by atoms with Crippen LogP contribution in [0, 0.1) is 12.3 Å². The second kappa shape index (κ2) is 8.56. The molecule has 1 aromatic carbocycles. The number of amides is 1. The summed E-state index contributed by atoms with van der Waals surface area (Å²) in [5, 5.41) is 3.02. The van der Waals surface area contributed by atoms with Gasteiger partial charge in [0.15, 0.2) is 6.10 Å². The predicted octanol–water partition coefficient (Wildman–Crippen LogP) is 2.14. The Morgan fingerprint density at radius 3 is 2.86 bits per heavy atom. The number of hydrogen-bond donors (Lipinski definition) is 2. The number of carbonyl (C=O) groups is 1. The monoisotopic (exact) mass is 308 g/mol. The van der Waals surface area contributed by atoms with Gasteiger partial charge in [-0.3, -0.25) is 4.79 Å². The molecular formula is C16H21ClN2O2. The van der Waals surface area contributed by atoms with Crippen LogP contribution in [0.4, 0.5) is 0 Å². The molecule has 0 bridgehead atoms. The first kappa shape index (κ1) is 17.4. The molecule has 2 atom stereocenters. The highest BCUT2D eigenvalue weighted by Gasteiger charge is 2.15. The van der Waals surface area contributed by atoms with Crippen LogP contribution in [0.5, 0.6) is 5.75 Å². The molecule has 114 valence electrons. The van der Waals surface area contributed by atoms with Crippen LogP contribution in [0.2, 0.25) is 5.02 Å². The van der Waals surface area contributed by atoms with Gasteiger partial charge in [-0.05, 0) is 37.5 Å². The van der Waals surface area contributed by atoms with E-state index < -0.39 is 6.10 Å². The number of nitrogens with two attached hydrogens (primary N) is 1. The Hall–Kier alpha value is -1.70. The quantitative estimate of drug-likeness (QED) is 0.759. The summed E-state index contributed by atoms with van der Waals surface area (Å²) in [6.07, 6.45) is 6.08. The van der Waals surface area contributed by atoms with Crippen LogP contribution in [0.1, 0.15) is 25.8 Å². The number of terminal acetylenes is 1. The van der Waals surface area contributed by atoms with Gasteiger partial charge < -0.3 is 15.8 Å². The molecule has 0 spiro atoms. The van der Waals surface area contributed by atoms with Crippen LogP contribution in [0.25, 0.3) is 0 Å². The van der Waals surface area contributed by atoms with Crippen molar-refractivity contribution in [3.8, 4) is 18.1 Å². The van der Waals surface area contributed by atoms with Crippen molar-refractivity contribution in [3.63, 3.8) is 0 Å². The smallest absolute Gasteiger partial charge is 0.261 e. The molecule has 3 N–H and O–H groups in total. The second-order valence-corrected chi connectivity index (χ2v) is 5.23. The van der Waals surface area contributed by atoms with Gasteiger partial charge in [0.05, 0.1) is 11.6 Å². The molecule has 0 saturated heterocycles. The third-order valence-electron chi connectivity index (χ3n) is 3.06. The Labute approximate surface area is 131 Å². The number of hydrogen-bond acceptors (Lipinski definition) is 3. The molecular weight excluding hydrogens is 288 g/mol. The average Bonchev–Trinajstić information content (AvgIpc) is 2.47. The fourth-order valence-corrected chi connectivity index (χ4v) is 1.99. The molecule has 1 amide bonds. The predicted molar refractivity (Wildman–Crippen MR) is 85.4 cm³/mol. The SMILES string of the molecule is C#CCNC(=O)C(C)Oc1ccc(CC(N)CC)cc1Cl. The van der Waals surface area contributed by atoms with Crippen molar-refractivity contribution in [2.45, 2.75) is 38.8 Å². The molecule has 1 rings (SSSR count). The molecule has 2 unspecified atom stereocenters. The first-order chi connectivity index (χ1) is 9.97. The van der Waals surface area contributed by atoms with Gasteiger partial charge in [0, 0.05) is 6.04 Å². The van der Waals surface area contributed by atoms with Crippen LogP contribution in [0.3, 0.4) is 0 Å². The second-order valence-electron chi connectivity index (χ2n) is 4.82. The summed E-state index contributed by atoms with van der Waals surface area (Å²) in [7, 11) is 0. The first-order valence-corrected chi connectivity index (χ1v) is 7.27. The van der Waals surface area contributed by atoms with Crippen LogP contribution in [-0.2, 0) is 11.2 Å². The number of carbonyl (C=O) groups excluding carboxylic acids is 1. The minimum Gasteiger partial charge on any atom is -0.479 e. The van der Waals surface area contributed by atoms with Crippen molar-refractivity contribution < 1.29 is 9.53 Å². The molecule has 21 heavy (non-hydrogen) atoms. The lowest BCUT2D eigenvalue weighted by Gasteiger charge is -2.16. The number of halogens is 1. The molecule has 0 fully saturated rings. The Balaban J connectivity index is 2.68. The summed E-state index contributed by atoms with van der Waals surface area (Å²) < 4.78 is 5.55. The minimum absolute atomic E-state index is 0.112. The zero-order valence-electron chi connectivity index (χ0n) is 12.4. The van der Waals surface area contributed by atoms with Crippen LogP contribution >= 0.6 is 11.6 Å². The van der Waals surface area contributed by atoms with Gasteiger partial charge in [-0.15, -0.1) is 6.42 Å². The number of ether oxygens (including phenoxy) is 1. The van der Waals surface area contributed by atoms with Crippen molar-refractivity contribution in [3.05, 3.63) is 28.8 Å². The molecule has 0 aliphatic heterocycles. The average molecular weight is 309 g/mol. The summed E-state index contributed by atoms with van der Waals surface area (Å²) >= 11 is 6.18. The van der Waals surface area contributed by atoms with Gasteiger partial charge >= 0.3 is 0 Å². The zero-order chi connectivity index (χ0) is 15.8. The van der Waals surface area contributed by atoms with E-state index in [0.29, 0.717) is 10.8 Å². The third-order valence-corrected chi connectivity index (χ3v) is 3.35. The highest BCUT2D eigenvalue weighted by Crippen LogP contribution is 2.27. The topological polar surface area (TPSA) is 64.3 Å². The molecule has 0 aromatic heterocycles. The Bertz CT molecular complexity index is 525. The van der Waals surface area contributed by atoms with Crippen LogP contribution in [0.15, 0.2) is 18.2 Å². The Morgan fingerprint density at radius 2 is 2.29 bits per heavy atom. The Morgan fingerprint density at radius 1 is 1.57 bits per heavy atom. The maximum atomic E-state index is 11.7. The molecule has 0 saturated carbocycles. The number of nitrogens with one attached hydrogen (secondary N) is 1. The van der Waals surface area contributed by atoms with Crippen molar-refractivity contribution in [1.82, 2.24) is 5.32 Å². The number of rotatable bonds is 7. The highest BCUT2D eigenvalue weighted by molar-refractivity contribution is 6.32. The van der Waals surface area contributed by atoms with E-state index in [1.54, 1.807) is 13.0 Å². The van der Waals surface area contributed by atoms with E-state index >= 15 is 0 Å². The lowest BCUT2D eigenvalue weighted by atomic mass is 10.0. The summed E-state index contributed by atoms with van der Waals surface area (Å²) in [5.41, 5.74) is 6.96. The largest absolute Gasteiger partial charge is 0.479 e. The van der Waals surface area contributed by atoms with Crippen molar-refractivity contribution >= 4 is 17.5 Å². The summed E-state index contributed by atoms with van der Waals surface area (Å²) in [5.74, 6) is 2.52. The molecule has 0 heterocycles. The summed E-state index contributed by atoms with van der Waals surface area (Å²) in [4.78, 5) is 11.7. The van der Waals surface area contributed by atoms with E-state index in [0.717, 1.165) is 18.4 Å². The van der Waals surface area contributed by atoms with E-state index in [-0.39, 0.29) is 18.5 Å². The van der Waals surface area contributed by atoms with Gasteiger partial charge in [-0.2, -0.15) is 0 Å².